The Morgan fingerprint density at radius 2 is 2.19 bits per heavy atom. The fourth-order valence-electron chi connectivity index (χ4n) is 1.53. The first-order chi connectivity index (χ1) is 10.3. The van der Waals surface area contributed by atoms with E-state index in [4.69, 9.17) is 9.15 Å². The van der Waals surface area contributed by atoms with E-state index in [0.29, 0.717) is 12.5 Å². The first kappa shape index (κ1) is 14.6. The second-order valence-electron chi connectivity index (χ2n) is 3.86. The number of hydrogen-bond donors (Lipinski definition) is 1. The Kier molecular flexibility index (Phi) is 4.92. The van der Waals surface area contributed by atoms with Crippen molar-refractivity contribution in [2.75, 3.05) is 19.1 Å². The van der Waals surface area contributed by atoms with E-state index in [1.54, 1.807) is 0 Å². The number of esters is 1. The molecule has 0 aliphatic rings. The number of rotatable bonds is 6. The molecule has 2 aromatic rings. The molecule has 0 radical (unpaired) electrons. The Morgan fingerprint density at radius 3 is 2.86 bits per heavy atom. The minimum absolute atomic E-state index is 0.0185. The zero-order valence-corrected chi connectivity index (χ0v) is 11.7. The fourth-order valence-corrected chi connectivity index (χ4v) is 1.53. The molecule has 0 saturated heterocycles. The number of carbonyl (C=O) groups is 1. The van der Waals surface area contributed by atoms with Crippen molar-refractivity contribution in [2.24, 2.45) is 5.10 Å². The molecule has 0 fully saturated rings. The lowest BCUT2D eigenvalue weighted by atomic mass is 10.2. The monoisotopic (exact) mass is 289 g/mol. The summed E-state index contributed by atoms with van der Waals surface area (Å²) in [6, 6.07) is 9.20. The molecule has 1 heterocycles. The van der Waals surface area contributed by atoms with Crippen molar-refractivity contribution in [1.82, 2.24) is 4.98 Å². The van der Waals surface area contributed by atoms with Gasteiger partial charge in [-0.25, -0.2) is 10.2 Å². The number of hydrazone groups is 1. The standard InChI is InChI=1S/C14H15N3O4/c1-3-20-9-15-17-13-11(14(18)19-2)16-12(21-13)10-7-5-4-6-8-10/h4-9,17H,3H2,1-2H3. The number of aromatic nitrogens is 1. The van der Waals surface area contributed by atoms with Crippen LogP contribution in [-0.4, -0.2) is 31.1 Å². The average molecular weight is 289 g/mol. The second-order valence-corrected chi connectivity index (χ2v) is 3.86. The predicted octanol–water partition coefficient (Wildman–Crippen LogP) is 2.52. The lowest BCUT2D eigenvalue weighted by Gasteiger charge is -1.97. The van der Waals surface area contributed by atoms with Gasteiger partial charge in [-0.05, 0) is 19.1 Å². The lowest BCUT2D eigenvalue weighted by molar-refractivity contribution is 0.0595. The molecule has 1 aromatic heterocycles. The normalized spacial score (nSPS) is 10.6. The van der Waals surface area contributed by atoms with E-state index in [0.717, 1.165) is 5.56 Å². The maximum atomic E-state index is 11.7. The Hall–Kier alpha value is -2.83. The summed E-state index contributed by atoms with van der Waals surface area (Å²) in [5.74, 6) is -0.225. The molecule has 7 heteroatoms. The number of hydrogen-bond acceptors (Lipinski definition) is 7. The van der Waals surface area contributed by atoms with Crippen LogP contribution in [0.3, 0.4) is 0 Å². The summed E-state index contributed by atoms with van der Waals surface area (Å²) in [7, 11) is 1.27. The van der Waals surface area contributed by atoms with Crippen LogP contribution < -0.4 is 5.43 Å². The van der Waals surface area contributed by atoms with Gasteiger partial charge in [0.25, 0.3) is 0 Å². The van der Waals surface area contributed by atoms with Crippen molar-refractivity contribution >= 4 is 18.3 Å². The molecular formula is C14H15N3O4. The van der Waals surface area contributed by atoms with Crippen LogP contribution in [0.15, 0.2) is 39.9 Å². The van der Waals surface area contributed by atoms with E-state index in [1.807, 2.05) is 37.3 Å². The molecular weight excluding hydrogens is 274 g/mol. The van der Waals surface area contributed by atoms with E-state index in [2.05, 4.69) is 20.2 Å². The van der Waals surface area contributed by atoms with E-state index < -0.39 is 5.97 Å². The van der Waals surface area contributed by atoms with Gasteiger partial charge in [0.2, 0.25) is 17.5 Å². The first-order valence-electron chi connectivity index (χ1n) is 6.30. The van der Waals surface area contributed by atoms with Crippen LogP contribution in [0.25, 0.3) is 11.5 Å². The van der Waals surface area contributed by atoms with Gasteiger partial charge < -0.3 is 13.9 Å². The van der Waals surface area contributed by atoms with Crippen LogP contribution in [0.1, 0.15) is 17.4 Å². The number of benzene rings is 1. The third-order valence-electron chi connectivity index (χ3n) is 2.49. The highest BCUT2D eigenvalue weighted by molar-refractivity contribution is 5.92. The van der Waals surface area contributed by atoms with Gasteiger partial charge >= 0.3 is 5.97 Å². The van der Waals surface area contributed by atoms with Gasteiger partial charge in [0.05, 0.1) is 13.7 Å². The van der Waals surface area contributed by atoms with Crippen LogP contribution in [0.2, 0.25) is 0 Å². The molecule has 0 spiro atoms. The van der Waals surface area contributed by atoms with Gasteiger partial charge in [0, 0.05) is 5.56 Å². The number of nitrogens with zero attached hydrogens (tertiary/aromatic N) is 2. The van der Waals surface area contributed by atoms with Crippen LogP contribution in [-0.2, 0) is 9.47 Å². The highest BCUT2D eigenvalue weighted by atomic mass is 16.5. The van der Waals surface area contributed by atoms with Crippen molar-refractivity contribution in [1.29, 1.82) is 0 Å². The van der Waals surface area contributed by atoms with Crippen LogP contribution in [0, 0.1) is 0 Å². The maximum absolute atomic E-state index is 11.7. The van der Waals surface area contributed by atoms with Gasteiger partial charge in [-0.3, -0.25) is 0 Å². The summed E-state index contributed by atoms with van der Waals surface area (Å²) < 4.78 is 15.1. The smallest absolute Gasteiger partial charge is 0.362 e. The molecule has 110 valence electrons. The van der Waals surface area contributed by atoms with Gasteiger partial charge in [0.1, 0.15) is 0 Å². The minimum Gasteiger partial charge on any atom is -0.482 e. The van der Waals surface area contributed by atoms with Gasteiger partial charge in [-0.15, -0.1) is 5.10 Å². The molecule has 0 atom stereocenters. The molecule has 7 nitrogen and oxygen atoms in total. The summed E-state index contributed by atoms with van der Waals surface area (Å²) in [4.78, 5) is 15.8. The van der Waals surface area contributed by atoms with Gasteiger partial charge in [0.15, 0.2) is 6.40 Å². The number of oxazole rings is 1. The molecule has 1 aromatic carbocycles. The third kappa shape index (κ3) is 3.59. The van der Waals surface area contributed by atoms with Crippen molar-refractivity contribution in [3.05, 3.63) is 36.0 Å². The molecule has 1 N–H and O–H groups in total. The van der Waals surface area contributed by atoms with Crippen molar-refractivity contribution < 1.29 is 18.7 Å². The quantitative estimate of drug-likeness (QED) is 0.380. The minimum atomic E-state index is -0.616. The van der Waals surface area contributed by atoms with Gasteiger partial charge in [-0.1, -0.05) is 18.2 Å². The lowest BCUT2D eigenvalue weighted by Crippen LogP contribution is -2.05. The molecule has 0 aliphatic heterocycles. The molecule has 0 saturated carbocycles. The van der Waals surface area contributed by atoms with E-state index in [-0.39, 0.29) is 11.6 Å². The molecule has 21 heavy (non-hydrogen) atoms. The maximum Gasteiger partial charge on any atom is 0.362 e. The third-order valence-corrected chi connectivity index (χ3v) is 2.49. The highest BCUT2D eigenvalue weighted by Gasteiger charge is 2.21. The summed E-state index contributed by atoms with van der Waals surface area (Å²) in [6.07, 6.45) is 1.21. The topological polar surface area (TPSA) is 86.0 Å². The second kappa shape index (κ2) is 7.09. The number of ether oxygens (including phenoxy) is 2. The predicted molar refractivity (Wildman–Crippen MR) is 77.0 cm³/mol. The van der Waals surface area contributed by atoms with E-state index >= 15 is 0 Å². The Labute approximate surface area is 121 Å². The highest BCUT2D eigenvalue weighted by Crippen LogP contribution is 2.25. The molecule has 2 rings (SSSR count). The van der Waals surface area contributed by atoms with E-state index in [9.17, 15) is 4.79 Å². The zero-order valence-electron chi connectivity index (χ0n) is 11.7. The Balaban J connectivity index is 2.29. The Morgan fingerprint density at radius 1 is 1.43 bits per heavy atom. The molecule has 0 unspecified atom stereocenters. The summed E-state index contributed by atoms with van der Waals surface area (Å²) in [5, 5.41) is 3.78. The van der Waals surface area contributed by atoms with Crippen LogP contribution >= 0.6 is 0 Å². The fraction of sp³-hybridized carbons (Fsp3) is 0.214. The zero-order chi connectivity index (χ0) is 15.1. The summed E-state index contributed by atoms with van der Waals surface area (Å²) >= 11 is 0. The number of anilines is 1. The SMILES string of the molecule is CCOC=NNc1oc(-c2ccccc2)nc1C(=O)OC. The van der Waals surface area contributed by atoms with Crippen LogP contribution in [0.4, 0.5) is 5.88 Å². The van der Waals surface area contributed by atoms with Gasteiger partial charge in [-0.2, -0.15) is 4.98 Å². The molecule has 0 aliphatic carbocycles. The first-order valence-corrected chi connectivity index (χ1v) is 6.30. The average Bonchev–Trinajstić information content (AvgIpc) is 2.96. The van der Waals surface area contributed by atoms with Crippen LogP contribution in [0.5, 0.6) is 0 Å². The molecule has 0 bridgehead atoms. The Bertz CT molecular complexity index is 622. The number of nitrogens with one attached hydrogen (secondary N) is 1. The number of methoxy groups -OCH3 is 1. The van der Waals surface area contributed by atoms with E-state index in [1.165, 1.54) is 13.5 Å². The van der Waals surface area contributed by atoms with Crippen molar-refractivity contribution in [3.8, 4) is 11.5 Å². The largest absolute Gasteiger partial charge is 0.482 e. The number of carbonyl (C=O) groups excluding carboxylic acids is 1. The molecule has 0 amide bonds. The van der Waals surface area contributed by atoms with Crippen molar-refractivity contribution in [2.45, 2.75) is 6.92 Å². The summed E-state index contributed by atoms with van der Waals surface area (Å²) in [5.41, 5.74) is 3.33. The summed E-state index contributed by atoms with van der Waals surface area (Å²) in [6.45, 7) is 2.31. The van der Waals surface area contributed by atoms with Crippen molar-refractivity contribution in [3.63, 3.8) is 0 Å².